The van der Waals surface area contributed by atoms with E-state index in [9.17, 15) is 0 Å². The van der Waals surface area contributed by atoms with E-state index in [1.54, 1.807) is 0 Å². The molecule has 0 heterocycles. The predicted octanol–water partition coefficient (Wildman–Crippen LogP) is 5.57. The molecule has 1 aromatic carbocycles. The summed E-state index contributed by atoms with van der Waals surface area (Å²) >= 11 is 4.62. The van der Waals surface area contributed by atoms with Gasteiger partial charge < -0.3 is 0 Å². The van der Waals surface area contributed by atoms with Crippen LogP contribution in [-0.4, -0.2) is 0 Å². The summed E-state index contributed by atoms with van der Waals surface area (Å²) in [4.78, 5) is 0. The summed E-state index contributed by atoms with van der Waals surface area (Å²) < 4.78 is -0.0562. The first kappa shape index (κ1) is 15.6. The van der Waals surface area contributed by atoms with E-state index in [1.807, 2.05) is 0 Å². The van der Waals surface area contributed by atoms with Crippen LogP contribution in [0, 0.1) is 5.92 Å². The number of hydrogen-bond donors (Lipinski definition) is 1. The molecule has 0 saturated carbocycles. The van der Waals surface area contributed by atoms with E-state index in [0.29, 0.717) is 0 Å². The van der Waals surface area contributed by atoms with Crippen molar-refractivity contribution in [1.29, 1.82) is 0 Å². The zero-order chi connectivity index (χ0) is 14.0. The van der Waals surface area contributed by atoms with Crippen molar-refractivity contribution in [2.45, 2.75) is 64.5 Å². The van der Waals surface area contributed by atoms with E-state index >= 15 is 0 Å². The molecule has 1 atom stereocenters. The molecule has 0 aromatic heterocycles. The van der Waals surface area contributed by atoms with Crippen LogP contribution in [0.1, 0.15) is 65.5 Å². The van der Waals surface area contributed by atoms with Gasteiger partial charge in [-0.2, -0.15) is 12.6 Å². The van der Waals surface area contributed by atoms with Crippen molar-refractivity contribution < 1.29 is 0 Å². The van der Waals surface area contributed by atoms with Crippen molar-refractivity contribution in [3.05, 3.63) is 35.4 Å². The summed E-state index contributed by atoms with van der Waals surface area (Å²) in [5.74, 6) is 0.779. The van der Waals surface area contributed by atoms with Gasteiger partial charge in [0.05, 0.1) is 0 Å². The Bertz CT molecular complexity index is 368. The number of thiol groups is 1. The Balaban J connectivity index is 2.90. The summed E-state index contributed by atoms with van der Waals surface area (Å²) in [5.41, 5.74) is 2.98. The zero-order valence-corrected chi connectivity index (χ0v) is 13.6. The molecule has 0 amide bonds. The van der Waals surface area contributed by atoms with Crippen molar-refractivity contribution in [2.24, 2.45) is 5.92 Å². The fourth-order valence-corrected chi connectivity index (χ4v) is 2.61. The molecule has 1 rings (SSSR count). The summed E-state index contributed by atoms with van der Waals surface area (Å²) in [6.07, 6.45) is 2.50. The van der Waals surface area contributed by atoms with Crippen molar-refractivity contribution >= 4 is 12.6 Å². The van der Waals surface area contributed by atoms with Gasteiger partial charge in [0.15, 0.2) is 0 Å². The lowest BCUT2D eigenvalue weighted by Gasteiger charge is -2.29. The average molecular weight is 264 g/mol. The molecular formula is C17H28S. The number of hydrogen-bond acceptors (Lipinski definition) is 1. The second-order valence-electron chi connectivity index (χ2n) is 6.74. The Labute approximate surface area is 119 Å². The van der Waals surface area contributed by atoms with Crippen molar-refractivity contribution in [1.82, 2.24) is 0 Å². The van der Waals surface area contributed by atoms with E-state index in [0.717, 1.165) is 5.92 Å². The van der Waals surface area contributed by atoms with Crippen LogP contribution < -0.4 is 0 Å². The molecule has 0 nitrogen and oxygen atoms in total. The topological polar surface area (TPSA) is 0 Å². The van der Waals surface area contributed by atoms with Crippen LogP contribution in [0.15, 0.2) is 24.3 Å². The predicted molar refractivity (Wildman–Crippen MR) is 85.6 cm³/mol. The molecule has 0 bridgehead atoms. The molecule has 102 valence electrons. The summed E-state index contributed by atoms with van der Waals surface area (Å²) in [5, 5.41) is 0. The largest absolute Gasteiger partial charge is 0.168 e. The molecule has 1 unspecified atom stereocenters. The minimum Gasteiger partial charge on any atom is -0.168 e. The second-order valence-corrected chi connectivity index (χ2v) is 7.86. The summed E-state index contributed by atoms with van der Waals surface area (Å²) in [7, 11) is 0. The maximum absolute atomic E-state index is 4.62. The first-order chi connectivity index (χ1) is 8.16. The molecule has 0 aliphatic heterocycles. The Hall–Kier alpha value is -0.430. The second kappa shape index (κ2) is 5.69. The molecule has 0 spiro atoms. The van der Waals surface area contributed by atoms with E-state index in [1.165, 1.54) is 24.0 Å². The standard InChI is InChI=1S/C17H28S/c1-7-13(2)12-16(3,4)14-8-10-15(11-9-14)17(5,6)18/h8-11,13,18H,7,12H2,1-6H3. The molecule has 0 N–H and O–H groups in total. The highest BCUT2D eigenvalue weighted by atomic mass is 32.1. The number of rotatable bonds is 5. The van der Waals surface area contributed by atoms with E-state index in [-0.39, 0.29) is 10.2 Å². The van der Waals surface area contributed by atoms with Crippen LogP contribution in [0.5, 0.6) is 0 Å². The van der Waals surface area contributed by atoms with Crippen LogP contribution in [0.3, 0.4) is 0 Å². The zero-order valence-electron chi connectivity index (χ0n) is 12.7. The van der Waals surface area contributed by atoms with Gasteiger partial charge in [-0.15, -0.1) is 0 Å². The van der Waals surface area contributed by atoms with Crippen molar-refractivity contribution in [3.8, 4) is 0 Å². The molecule has 0 aliphatic rings. The average Bonchev–Trinajstić information content (AvgIpc) is 2.27. The van der Waals surface area contributed by atoms with Crippen LogP contribution in [-0.2, 0) is 10.2 Å². The minimum absolute atomic E-state index is 0.0562. The Morgan fingerprint density at radius 1 is 1.00 bits per heavy atom. The maximum Gasteiger partial charge on any atom is 0.0322 e. The minimum atomic E-state index is -0.0562. The summed E-state index contributed by atoms with van der Waals surface area (Å²) in [6, 6.07) is 8.99. The highest BCUT2D eigenvalue weighted by molar-refractivity contribution is 7.81. The van der Waals surface area contributed by atoms with Gasteiger partial charge in [0, 0.05) is 4.75 Å². The fourth-order valence-electron chi connectivity index (χ4n) is 2.46. The first-order valence-electron chi connectivity index (χ1n) is 7.00. The quantitative estimate of drug-likeness (QED) is 0.661. The Kier molecular flexibility index (Phi) is 4.94. The Morgan fingerprint density at radius 2 is 1.44 bits per heavy atom. The van der Waals surface area contributed by atoms with Crippen LogP contribution in [0.2, 0.25) is 0 Å². The molecular weight excluding hydrogens is 236 g/mol. The van der Waals surface area contributed by atoms with Gasteiger partial charge in [0.25, 0.3) is 0 Å². The van der Waals surface area contributed by atoms with Gasteiger partial charge in [-0.05, 0) is 42.7 Å². The molecule has 1 aromatic rings. The third-order valence-electron chi connectivity index (χ3n) is 3.93. The molecule has 18 heavy (non-hydrogen) atoms. The fraction of sp³-hybridized carbons (Fsp3) is 0.647. The monoisotopic (exact) mass is 264 g/mol. The van der Waals surface area contributed by atoms with Crippen molar-refractivity contribution in [3.63, 3.8) is 0 Å². The van der Waals surface area contributed by atoms with Crippen LogP contribution in [0.4, 0.5) is 0 Å². The normalized spacial score (nSPS) is 14.6. The van der Waals surface area contributed by atoms with Crippen LogP contribution >= 0.6 is 12.6 Å². The van der Waals surface area contributed by atoms with Gasteiger partial charge in [0.1, 0.15) is 0 Å². The lowest BCUT2D eigenvalue weighted by molar-refractivity contribution is 0.372. The van der Waals surface area contributed by atoms with Gasteiger partial charge in [-0.1, -0.05) is 58.4 Å². The van der Waals surface area contributed by atoms with Crippen LogP contribution in [0.25, 0.3) is 0 Å². The van der Waals surface area contributed by atoms with Gasteiger partial charge in [-0.25, -0.2) is 0 Å². The van der Waals surface area contributed by atoms with Gasteiger partial charge in [-0.3, -0.25) is 0 Å². The Morgan fingerprint density at radius 3 is 1.83 bits per heavy atom. The third-order valence-corrected chi connectivity index (χ3v) is 4.19. The van der Waals surface area contributed by atoms with Gasteiger partial charge in [0.2, 0.25) is 0 Å². The molecule has 0 radical (unpaired) electrons. The first-order valence-corrected chi connectivity index (χ1v) is 7.45. The van der Waals surface area contributed by atoms with E-state index < -0.39 is 0 Å². The number of benzene rings is 1. The van der Waals surface area contributed by atoms with E-state index in [4.69, 9.17) is 0 Å². The maximum atomic E-state index is 4.62. The van der Waals surface area contributed by atoms with Gasteiger partial charge >= 0.3 is 0 Å². The molecule has 1 heteroatoms. The molecule has 0 fully saturated rings. The lowest BCUT2D eigenvalue weighted by atomic mass is 9.76. The third kappa shape index (κ3) is 4.05. The highest BCUT2D eigenvalue weighted by Gasteiger charge is 2.23. The SMILES string of the molecule is CCC(C)CC(C)(C)c1ccc(C(C)(C)S)cc1. The molecule has 0 saturated heterocycles. The van der Waals surface area contributed by atoms with Crippen molar-refractivity contribution in [2.75, 3.05) is 0 Å². The molecule has 0 aliphatic carbocycles. The lowest BCUT2D eigenvalue weighted by Crippen LogP contribution is -2.21. The van der Waals surface area contributed by atoms with E-state index in [2.05, 4.69) is 78.4 Å². The smallest absolute Gasteiger partial charge is 0.0322 e. The summed E-state index contributed by atoms with van der Waals surface area (Å²) in [6.45, 7) is 13.6. The highest BCUT2D eigenvalue weighted by Crippen LogP contribution is 2.34.